The van der Waals surface area contributed by atoms with E-state index < -0.39 is 0 Å². The molecule has 1 saturated heterocycles. The van der Waals surface area contributed by atoms with Crippen molar-refractivity contribution >= 4 is 11.8 Å². The molecule has 0 spiro atoms. The minimum Gasteiger partial charge on any atom is -0.315 e. The standard InChI is InChI=1S/C14H30N2S/c1-13(2)14(16-9-5-6-10-16)12-15-8-4-7-11-17-3/h13-15H,4-12H2,1-3H3. The highest BCUT2D eigenvalue weighted by Gasteiger charge is 2.23. The third kappa shape index (κ3) is 6.12. The fourth-order valence-electron chi connectivity index (χ4n) is 2.61. The molecule has 102 valence electrons. The fraction of sp³-hybridized carbons (Fsp3) is 1.00. The lowest BCUT2D eigenvalue weighted by Gasteiger charge is -2.31. The number of likely N-dealkylation sites (tertiary alicyclic amines) is 1. The molecule has 1 aliphatic heterocycles. The molecular formula is C14H30N2S. The summed E-state index contributed by atoms with van der Waals surface area (Å²) < 4.78 is 0. The molecule has 1 aliphatic rings. The van der Waals surface area contributed by atoms with Crippen LogP contribution in [0.4, 0.5) is 0 Å². The molecule has 3 heteroatoms. The smallest absolute Gasteiger partial charge is 0.0243 e. The van der Waals surface area contributed by atoms with Crippen LogP contribution in [-0.2, 0) is 0 Å². The van der Waals surface area contributed by atoms with Crippen LogP contribution in [0.15, 0.2) is 0 Å². The lowest BCUT2D eigenvalue weighted by atomic mass is 10.0. The maximum absolute atomic E-state index is 3.65. The van der Waals surface area contributed by atoms with E-state index >= 15 is 0 Å². The van der Waals surface area contributed by atoms with E-state index in [0.717, 1.165) is 12.0 Å². The largest absolute Gasteiger partial charge is 0.315 e. The van der Waals surface area contributed by atoms with E-state index in [0.29, 0.717) is 0 Å². The quantitative estimate of drug-likeness (QED) is 0.640. The highest BCUT2D eigenvalue weighted by Crippen LogP contribution is 2.17. The van der Waals surface area contributed by atoms with E-state index in [-0.39, 0.29) is 0 Å². The zero-order valence-corrected chi connectivity index (χ0v) is 12.7. The number of nitrogens with zero attached hydrogens (tertiary/aromatic N) is 1. The van der Waals surface area contributed by atoms with E-state index in [1.165, 1.54) is 57.6 Å². The van der Waals surface area contributed by atoms with Crippen LogP contribution in [-0.4, -0.2) is 49.1 Å². The zero-order chi connectivity index (χ0) is 12.5. The SMILES string of the molecule is CSCCCCNCC(C(C)C)N1CCCC1. The molecule has 2 nitrogen and oxygen atoms in total. The molecule has 0 aromatic rings. The molecule has 0 aromatic carbocycles. The average molecular weight is 258 g/mol. The predicted molar refractivity (Wildman–Crippen MR) is 79.9 cm³/mol. The van der Waals surface area contributed by atoms with E-state index in [9.17, 15) is 0 Å². The molecule has 1 heterocycles. The Kier molecular flexibility index (Phi) is 8.33. The van der Waals surface area contributed by atoms with Crippen LogP contribution in [0.1, 0.15) is 39.5 Å². The lowest BCUT2D eigenvalue weighted by Crippen LogP contribution is -2.44. The van der Waals surface area contributed by atoms with Gasteiger partial charge in [0.15, 0.2) is 0 Å². The lowest BCUT2D eigenvalue weighted by molar-refractivity contribution is 0.186. The molecule has 0 amide bonds. The highest BCUT2D eigenvalue weighted by atomic mass is 32.2. The predicted octanol–water partition coefficient (Wildman–Crippen LogP) is 2.84. The first-order chi connectivity index (χ1) is 8.25. The molecule has 0 saturated carbocycles. The number of hydrogen-bond donors (Lipinski definition) is 1. The molecule has 0 bridgehead atoms. The highest BCUT2D eigenvalue weighted by molar-refractivity contribution is 7.98. The van der Waals surface area contributed by atoms with Crippen LogP contribution in [0.2, 0.25) is 0 Å². The van der Waals surface area contributed by atoms with Gasteiger partial charge >= 0.3 is 0 Å². The maximum atomic E-state index is 3.65. The Morgan fingerprint density at radius 2 is 1.88 bits per heavy atom. The summed E-state index contributed by atoms with van der Waals surface area (Å²) in [4.78, 5) is 2.68. The van der Waals surface area contributed by atoms with Crippen LogP contribution >= 0.6 is 11.8 Å². The Morgan fingerprint density at radius 3 is 2.47 bits per heavy atom. The average Bonchev–Trinajstić information content (AvgIpc) is 2.81. The van der Waals surface area contributed by atoms with Gasteiger partial charge in [0.05, 0.1) is 0 Å². The Bertz CT molecular complexity index is 179. The minimum absolute atomic E-state index is 0.748. The van der Waals surface area contributed by atoms with Crippen molar-refractivity contribution in [2.75, 3.05) is 38.2 Å². The maximum Gasteiger partial charge on any atom is 0.0243 e. The monoisotopic (exact) mass is 258 g/mol. The van der Waals surface area contributed by atoms with Crippen molar-refractivity contribution in [2.24, 2.45) is 5.92 Å². The van der Waals surface area contributed by atoms with Gasteiger partial charge < -0.3 is 5.32 Å². The Morgan fingerprint density at radius 1 is 1.18 bits per heavy atom. The second-order valence-corrected chi connectivity index (χ2v) is 6.44. The molecule has 1 unspecified atom stereocenters. The van der Waals surface area contributed by atoms with Gasteiger partial charge in [-0.15, -0.1) is 0 Å². The van der Waals surface area contributed by atoms with E-state index in [2.05, 4.69) is 30.3 Å². The Labute approximate surface area is 112 Å². The van der Waals surface area contributed by atoms with Gasteiger partial charge in [-0.05, 0) is 63.2 Å². The van der Waals surface area contributed by atoms with Gasteiger partial charge in [-0.25, -0.2) is 0 Å². The third-order valence-electron chi connectivity index (χ3n) is 3.68. The third-order valence-corrected chi connectivity index (χ3v) is 4.38. The van der Waals surface area contributed by atoms with Gasteiger partial charge in [-0.2, -0.15) is 11.8 Å². The summed E-state index contributed by atoms with van der Waals surface area (Å²) in [5.41, 5.74) is 0. The summed E-state index contributed by atoms with van der Waals surface area (Å²) in [5, 5.41) is 3.65. The zero-order valence-electron chi connectivity index (χ0n) is 11.9. The molecule has 1 atom stereocenters. The Balaban J connectivity index is 2.12. The first-order valence-corrected chi connectivity index (χ1v) is 8.58. The summed E-state index contributed by atoms with van der Waals surface area (Å²) in [6.45, 7) is 9.72. The molecule has 0 aliphatic carbocycles. The van der Waals surface area contributed by atoms with Crippen LogP contribution in [0.5, 0.6) is 0 Å². The van der Waals surface area contributed by atoms with E-state index in [4.69, 9.17) is 0 Å². The van der Waals surface area contributed by atoms with Crippen molar-refractivity contribution in [1.29, 1.82) is 0 Å². The second kappa shape index (κ2) is 9.23. The minimum atomic E-state index is 0.748. The molecule has 0 aromatic heterocycles. The molecule has 1 N–H and O–H groups in total. The van der Waals surface area contributed by atoms with Crippen LogP contribution in [0.3, 0.4) is 0 Å². The summed E-state index contributed by atoms with van der Waals surface area (Å²) >= 11 is 1.96. The number of nitrogens with one attached hydrogen (secondary N) is 1. The summed E-state index contributed by atoms with van der Waals surface area (Å²) in [5.74, 6) is 2.08. The van der Waals surface area contributed by atoms with Gasteiger partial charge in [0, 0.05) is 12.6 Å². The van der Waals surface area contributed by atoms with E-state index in [1.54, 1.807) is 0 Å². The van der Waals surface area contributed by atoms with Crippen LogP contribution in [0.25, 0.3) is 0 Å². The first-order valence-electron chi connectivity index (χ1n) is 7.19. The van der Waals surface area contributed by atoms with Gasteiger partial charge in [-0.1, -0.05) is 13.8 Å². The molecule has 0 radical (unpaired) electrons. The topological polar surface area (TPSA) is 15.3 Å². The normalized spacial score (nSPS) is 19.1. The van der Waals surface area contributed by atoms with Gasteiger partial charge in [-0.3, -0.25) is 4.90 Å². The van der Waals surface area contributed by atoms with E-state index in [1.807, 2.05) is 11.8 Å². The summed E-state index contributed by atoms with van der Waals surface area (Å²) in [6, 6.07) is 0.748. The number of thioether (sulfide) groups is 1. The van der Waals surface area contributed by atoms with Crippen molar-refractivity contribution in [3.63, 3.8) is 0 Å². The van der Waals surface area contributed by atoms with Crippen molar-refractivity contribution in [3.8, 4) is 0 Å². The van der Waals surface area contributed by atoms with Crippen LogP contribution < -0.4 is 5.32 Å². The first kappa shape index (κ1) is 15.3. The summed E-state index contributed by atoms with van der Waals surface area (Å²) in [7, 11) is 0. The van der Waals surface area contributed by atoms with Crippen molar-refractivity contribution in [1.82, 2.24) is 10.2 Å². The van der Waals surface area contributed by atoms with Crippen molar-refractivity contribution < 1.29 is 0 Å². The number of hydrogen-bond acceptors (Lipinski definition) is 3. The fourth-order valence-corrected chi connectivity index (χ4v) is 3.10. The second-order valence-electron chi connectivity index (χ2n) is 5.46. The number of unbranched alkanes of at least 4 members (excludes halogenated alkanes) is 1. The number of rotatable bonds is 9. The van der Waals surface area contributed by atoms with Crippen molar-refractivity contribution in [2.45, 2.75) is 45.6 Å². The molecule has 17 heavy (non-hydrogen) atoms. The van der Waals surface area contributed by atoms with Gasteiger partial charge in [0.2, 0.25) is 0 Å². The summed E-state index contributed by atoms with van der Waals surface area (Å²) in [6.07, 6.45) is 7.67. The van der Waals surface area contributed by atoms with Gasteiger partial charge in [0.25, 0.3) is 0 Å². The van der Waals surface area contributed by atoms with Crippen molar-refractivity contribution in [3.05, 3.63) is 0 Å². The molecule has 1 rings (SSSR count). The Hall–Kier alpha value is 0.270. The molecular weight excluding hydrogens is 228 g/mol. The molecule has 1 fully saturated rings. The van der Waals surface area contributed by atoms with Crippen LogP contribution in [0, 0.1) is 5.92 Å². The van der Waals surface area contributed by atoms with Gasteiger partial charge in [0.1, 0.15) is 0 Å².